The molecule has 3 heteroatoms. The van der Waals surface area contributed by atoms with Crippen LogP contribution in [0.25, 0.3) is 66.8 Å². The number of likely N-dealkylation sites (N-methyl/N-ethyl adjacent to an activating group) is 3. The standard InChI is InChI=1S/3C23H22.3C12H17N.9C2H6.3CH4/c1-3-16-12-17(4-2)14-20(13-16)22-11-7-9-19-15-18-8-5-6-10-21(18)23(19)22;1-3-16-12-17(4-2)14-19(13-16)21-10-7-11-22-20-9-6-5-8-18(20)15-23(21)22;1-3-16-11-17(4-2)13-20(12-16)18-9-10-23-21(14-18)15-19-7-5-6-8-22(19)23;3*1-4-13-10(3)9(2)11-7-5-6-8-12(11)13;9*1-2;;;/h3*5-14H,3-4,15H2,1-2H3;3*5-10H,4H2,1-3H3;9*1-2H3;3*1H4/t;;;3*9-,10+;;;;;;;;;;;;/m...000............/s1. The Morgan fingerprint density at radius 2 is 0.481 bits per heavy atom. The van der Waals surface area contributed by atoms with Crippen molar-refractivity contribution in [2.75, 3.05) is 34.3 Å². The Morgan fingerprint density at radius 1 is 0.217 bits per heavy atom. The van der Waals surface area contributed by atoms with Gasteiger partial charge in [-0.25, -0.2) is 0 Å². The van der Waals surface area contributed by atoms with Gasteiger partial charge in [0, 0.05) is 72.6 Å². The van der Waals surface area contributed by atoms with Gasteiger partial charge < -0.3 is 14.7 Å². The molecule has 0 amide bonds. The van der Waals surface area contributed by atoms with E-state index in [-0.39, 0.29) is 22.3 Å². The normalized spacial score (nSPS) is 14.8. The van der Waals surface area contributed by atoms with Crippen LogP contribution in [0.15, 0.2) is 255 Å². The van der Waals surface area contributed by atoms with Crippen molar-refractivity contribution in [2.45, 2.75) is 344 Å². The van der Waals surface area contributed by atoms with Gasteiger partial charge in [0.15, 0.2) is 0 Å². The number of rotatable bonds is 12. The van der Waals surface area contributed by atoms with E-state index in [2.05, 4.69) is 373 Å². The maximum Gasteiger partial charge on any atom is 0.0404 e. The van der Waals surface area contributed by atoms with Crippen LogP contribution in [0.3, 0.4) is 0 Å². The van der Waals surface area contributed by atoms with E-state index < -0.39 is 0 Å². The van der Waals surface area contributed by atoms with Crippen LogP contribution in [0.1, 0.15) is 352 Å². The van der Waals surface area contributed by atoms with Gasteiger partial charge in [-0.15, -0.1) is 0 Å². The molecular weight excluding hydrogens is 1560 g/mol. The predicted molar refractivity (Wildman–Crippen MR) is 591 cm³/mol. The van der Waals surface area contributed by atoms with Gasteiger partial charge in [-0.2, -0.15) is 0 Å². The van der Waals surface area contributed by atoms with Gasteiger partial charge in [0.05, 0.1) is 0 Å². The highest BCUT2D eigenvalue weighted by Gasteiger charge is 2.34. The van der Waals surface area contributed by atoms with Crippen LogP contribution < -0.4 is 14.7 Å². The molecule has 0 N–H and O–H groups in total. The third-order valence-corrected chi connectivity index (χ3v) is 24.9. The fraction of sp³-hybridized carbons (Fsp3) is 0.429. The predicted octanol–water partition coefficient (Wildman–Crippen LogP) is 38.3. The van der Waals surface area contributed by atoms with Crippen molar-refractivity contribution < 1.29 is 0 Å². The first-order valence-electron chi connectivity index (χ1n) is 50.2. The molecule has 12 aromatic rings. The highest BCUT2D eigenvalue weighted by atomic mass is 15.2. The number of anilines is 3. The summed E-state index contributed by atoms with van der Waals surface area (Å²) >= 11 is 0. The third kappa shape index (κ3) is 28.8. The Hall–Kier alpha value is -9.96. The molecule has 0 spiro atoms. The number of nitrogens with zero attached hydrogens (tertiary/aromatic N) is 3. The van der Waals surface area contributed by atoms with Crippen molar-refractivity contribution in [3.8, 4) is 66.8 Å². The summed E-state index contributed by atoms with van der Waals surface area (Å²) in [6, 6.07) is 96.4. The molecule has 3 aliphatic heterocycles. The van der Waals surface area contributed by atoms with Gasteiger partial charge in [0.2, 0.25) is 0 Å². The van der Waals surface area contributed by atoms with Crippen molar-refractivity contribution >= 4 is 17.1 Å². The number of hydrogen-bond donors (Lipinski definition) is 0. The van der Waals surface area contributed by atoms with Crippen molar-refractivity contribution in [2.24, 2.45) is 0 Å². The number of para-hydroxylation sites is 3. The average Bonchev–Trinajstić information content (AvgIpc) is 1.63. The first kappa shape index (κ1) is 117. The molecule has 129 heavy (non-hydrogen) atoms. The quantitative estimate of drug-likeness (QED) is 0.121. The SMILES string of the molecule is C.C.C.CC.CC.CC.CC.CC.CC.CC.CC.CC.CCN1c2ccccc2[C@@H](C)[C@H]1C.CCN1c2ccccc2[C@@H](C)[C@H]1C.CCN1c2ccccc2[C@@H](C)[C@H]1C.CCc1cc(CC)cc(-c2ccc3c(c2)Cc2ccccc2-3)c1.CCc1cc(CC)cc(-c2cccc3c2-c2ccccc2C3)c1.CCc1cc(CC)cc(-c2cccc3c2Cc2ccccc2-3)c1. The summed E-state index contributed by atoms with van der Waals surface area (Å²) in [5, 5.41) is 0. The van der Waals surface area contributed by atoms with Crippen LogP contribution in [0.4, 0.5) is 17.1 Å². The molecule has 0 radical (unpaired) electrons. The van der Waals surface area contributed by atoms with Crippen LogP contribution in [0.2, 0.25) is 0 Å². The van der Waals surface area contributed by atoms with E-state index in [4.69, 9.17) is 0 Å². The Balaban J connectivity index is 0.000000754. The lowest BCUT2D eigenvalue weighted by Gasteiger charge is -2.24. The molecule has 3 nitrogen and oxygen atoms in total. The molecule has 0 bridgehead atoms. The zero-order chi connectivity index (χ0) is 93.7. The maximum absolute atomic E-state index is 2.49. The summed E-state index contributed by atoms with van der Waals surface area (Å²) in [7, 11) is 0. The van der Waals surface area contributed by atoms with E-state index in [1.54, 1.807) is 0 Å². The van der Waals surface area contributed by atoms with E-state index in [0.717, 1.165) is 77.4 Å². The molecule has 6 aliphatic rings. The topological polar surface area (TPSA) is 9.72 Å². The van der Waals surface area contributed by atoms with E-state index >= 15 is 0 Å². The van der Waals surface area contributed by atoms with Crippen molar-refractivity contribution in [1.29, 1.82) is 0 Å². The smallest absolute Gasteiger partial charge is 0.0404 e. The molecule has 0 fully saturated rings. The molecular formula is C126H183N3. The minimum atomic E-state index is 0. The Kier molecular flexibility index (Phi) is 56.6. The fourth-order valence-corrected chi connectivity index (χ4v) is 18.2. The number of aryl methyl sites for hydroxylation is 6. The summed E-state index contributed by atoms with van der Waals surface area (Å²) in [6.07, 6.45) is 9.74. The van der Waals surface area contributed by atoms with Crippen LogP contribution in [-0.4, -0.2) is 37.8 Å². The molecule has 0 aromatic heterocycles. The van der Waals surface area contributed by atoms with E-state index in [0.29, 0.717) is 35.9 Å². The lowest BCUT2D eigenvalue weighted by Crippen LogP contribution is -2.30. The first-order chi connectivity index (χ1) is 61.6. The highest BCUT2D eigenvalue weighted by Crippen LogP contribution is 2.47. The van der Waals surface area contributed by atoms with Crippen molar-refractivity contribution in [1.82, 2.24) is 0 Å². The molecule has 3 heterocycles. The van der Waals surface area contributed by atoms with Gasteiger partial charge in [0.25, 0.3) is 0 Å². The monoisotopic (exact) mass is 1740 g/mol. The van der Waals surface area contributed by atoms with E-state index in [9.17, 15) is 0 Å². The summed E-state index contributed by atoms with van der Waals surface area (Å²) in [5.41, 5.74) is 43.0. The first-order valence-corrected chi connectivity index (χ1v) is 50.2. The minimum absolute atomic E-state index is 0. The third-order valence-electron chi connectivity index (χ3n) is 24.9. The zero-order valence-electron chi connectivity index (χ0n) is 85.5. The molecule has 12 aromatic carbocycles. The molecule has 0 unspecified atom stereocenters. The Morgan fingerprint density at radius 3 is 0.853 bits per heavy atom. The van der Waals surface area contributed by atoms with Crippen LogP contribution in [0, 0.1) is 0 Å². The number of benzene rings is 12. The second-order valence-corrected chi connectivity index (χ2v) is 30.9. The van der Waals surface area contributed by atoms with Crippen LogP contribution in [-0.2, 0) is 57.8 Å². The van der Waals surface area contributed by atoms with Gasteiger partial charge in [-0.1, -0.05) is 446 Å². The van der Waals surface area contributed by atoms with Gasteiger partial charge in [0.1, 0.15) is 0 Å². The number of fused-ring (bicyclic) bond motifs is 12. The fourth-order valence-electron chi connectivity index (χ4n) is 18.2. The van der Waals surface area contributed by atoms with Crippen LogP contribution in [0.5, 0.6) is 0 Å². The molecule has 0 saturated heterocycles. The number of hydrogen-bond acceptors (Lipinski definition) is 3. The lowest BCUT2D eigenvalue weighted by molar-refractivity contribution is 0.603. The van der Waals surface area contributed by atoms with Crippen LogP contribution >= 0.6 is 0 Å². The Labute approximate surface area is 795 Å². The van der Waals surface area contributed by atoms with Crippen molar-refractivity contribution in [3.63, 3.8) is 0 Å². The summed E-state index contributed by atoms with van der Waals surface area (Å²) in [4.78, 5) is 7.46. The minimum Gasteiger partial charge on any atom is -0.368 e. The van der Waals surface area contributed by atoms with Gasteiger partial charge in [-0.05, 0) is 268 Å². The molecule has 18 rings (SSSR count). The maximum atomic E-state index is 2.49. The zero-order valence-corrected chi connectivity index (χ0v) is 85.5. The Bertz CT molecular complexity index is 4890. The molecule has 6 atom stereocenters. The average molecular weight is 1740 g/mol. The summed E-state index contributed by atoms with van der Waals surface area (Å²) in [5.74, 6) is 2.03. The largest absolute Gasteiger partial charge is 0.368 e. The van der Waals surface area contributed by atoms with Crippen molar-refractivity contribution in [3.05, 3.63) is 338 Å². The molecule has 702 valence electrons. The second-order valence-electron chi connectivity index (χ2n) is 30.9. The summed E-state index contributed by atoms with van der Waals surface area (Å²) < 4.78 is 0. The second kappa shape index (κ2) is 62.3. The molecule has 3 aliphatic carbocycles. The lowest BCUT2D eigenvalue weighted by atomic mass is 9.91. The summed E-state index contributed by atoms with van der Waals surface area (Å²) in [6.45, 7) is 73.3. The van der Waals surface area contributed by atoms with E-state index in [1.807, 2.05) is 125 Å². The molecule has 0 saturated carbocycles. The highest BCUT2D eigenvalue weighted by molar-refractivity contribution is 5.91. The van der Waals surface area contributed by atoms with E-state index in [1.165, 1.54) is 167 Å². The van der Waals surface area contributed by atoms with Gasteiger partial charge in [-0.3, -0.25) is 0 Å². The van der Waals surface area contributed by atoms with Gasteiger partial charge >= 0.3 is 0 Å².